The highest BCUT2D eigenvalue weighted by Crippen LogP contribution is 2.48. The maximum Gasteiger partial charge on any atom is 0.313 e. The molecule has 1 aliphatic heterocycles. The van der Waals surface area contributed by atoms with Crippen LogP contribution in [0.2, 0.25) is 0 Å². The number of likely N-dealkylation sites (tertiary alicyclic amines) is 1. The average Bonchev–Trinajstić information content (AvgIpc) is 3.13. The summed E-state index contributed by atoms with van der Waals surface area (Å²) in [6.45, 7) is 1.92. The fourth-order valence-corrected chi connectivity index (χ4v) is 4.91. The van der Waals surface area contributed by atoms with Gasteiger partial charge in [-0.1, -0.05) is 72.8 Å². The van der Waals surface area contributed by atoms with Gasteiger partial charge in [0.05, 0.1) is 19.1 Å². The summed E-state index contributed by atoms with van der Waals surface area (Å²) in [4.78, 5) is 15.0. The fraction of sp³-hybridized carbons (Fsp3) is 0.375. The van der Waals surface area contributed by atoms with E-state index in [2.05, 4.69) is 77.7 Å². The van der Waals surface area contributed by atoms with Gasteiger partial charge in [0, 0.05) is 12.0 Å². The summed E-state index contributed by atoms with van der Waals surface area (Å²) in [5.41, 5.74) is 2.60. The summed E-state index contributed by atoms with van der Waals surface area (Å²) >= 11 is 0. The van der Waals surface area contributed by atoms with Crippen molar-refractivity contribution >= 4 is 5.97 Å². The summed E-state index contributed by atoms with van der Waals surface area (Å²) in [7, 11) is 1.50. The highest BCUT2D eigenvalue weighted by atomic mass is 16.5. The molecule has 140 valence electrons. The van der Waals surface area contributed by atoms with Crippen molar-refractivity contribution in [3.63, 3.8) is 0 Å². The number of hydrogen-bond donors (Lipinski definition) is 0. The Morgan fingerprint density at radius 2 is 1.67 bits per heavy atom. The minimum Gasteiger partial charge on any atom is -0.469 e. The maximum atomic E-state index is 12.5. The molecule has 2 aromatic carbocycles. The highest BCUT2D eigenvalue weighted by Gasteiger charge is 2.49. The number of carbonyl (C=O) groups is 1. The molecule has 1 fully saturated rings. The number of carbonyl (C=O) groups excluding carboxylic acids is 1. The first-order chi connectivity index (χ1) is 13.2. The van der Waals surface area contributed by atoms with E-state index in [4.69, 9.17) is 4.74 Å². The van der Waals surface area contributed by atoms with Crippen LogP contribution >= 0.6 is 0 Å². The SMILES string of the molecule is COC(=O)[C@H]1C=CCC[C@]12CCN(C(c1ccccc1)c1ccccc1)C2. The van der Waals surface area contributed by atoms with Crippen LogP contribution in [0.4, 0.5) is 0 Å². The minimum atomic E-state index is -0.131. The molecular weight excluding hydrogens is 334 g/mol. The van der Waals surface area contributed by atoms with E-state index in [9.17, 15) is 4.79 Å². The van der Waals surface area contributed by atoms with E-state index in [1.807, 2.05) is 0 Å². The Hall–Kier alpha value is -2.39. The lowest BCUT2D eigenvalue weighted by atomic mass is 9.68. The van der Waals surface area contributed by atoms with Gasteiger partial charge in [-0.25, -0.2) is 0 Å². The summed E-state index contributed by atoms with van der Waals surface area (Å²) < 4.78 is 5.13. The van der Waals surface area contributed by atoms with Gasteiger partial charge >= 0.3 is 5.97 Å². The van der Waals surface area contributed by atoms with Gasteiger partial charge < -0.3 is 4.74 Å². The lowest BCUT2D eigenvalue weighted by Gasteiger charge is -2.38. The first-order valence-corrected chi connectivity index (χ1v) is 9.82. The van der Waals surface area contributed by atoms with E-state index in [0.717, 1.165) is 32.4 Å². The second-order valence-electron chi connectivity index (χ2n) is 7.77. The van der Waals surface area contributed by atoms with Gasteiger partial charge in [-0.2, -0.15) is 0 Å². The number of methoxy groups -OCH3 is 1. The summed E-state index contributed by atoms with van der Waals surface area (Å²) in [6.07, 6.45) is 7.35. The number of rotatable bonds is 4. The third-order valence-corrected chi connectivity index (χ3v) is 6.26. The Labute approximate surface area is 161 Å². The van der Waals surface area contributed by atoms with E-state index in [-0.39, 0.29) is 23.3 Å². The first kappa shape index (κ1) is 18.0. The van der Waals surface area contributed by atoms with Crippen LogP contribution in [0, 0.1) is 11.3 Å². The van der Waals surface area contributed by atoms with Crippen molar-refractivity contribution in [2.75, 3.05) is 20.2 Å². The molecule has 0 N–H and O–H groups in total. The van der Waals surface area contributed by atoms with E-state index in [1.54, 1.807) is 0 Å². The fourth-order valence-electron chi connectivity index (χ4n) is 4.91. The van der Waals surface area contributed by atoms with Gasteiger partial charge in [0.1, 0.15) is 0 Å². The normalized spacial score (nSPS) is 25.2. The zero-order chi connectivity index (χ0) is 18.7. The van der Waals surface area contributed by atoms with Crippen LogP contribution in [0.25, 0.3) is 0 Å². The van der Waals surface area contributed by atoms with Crippen molar-refractivity contribution in [3.05, 3.63) is 83.9 Å². The molecule has 0 aromatic heterocycles. The summed E-state index contributed by atoms with van der Waals surface area (Å²) in [5.74, 6) is -0.225. The molecular formula is C24H27NO2. The van der Waals surface area contributed by atoms with Crippen LogP contribution in [0.5, 0.6) is 0 Å². The molecule has 2 atom stereocenters. The number of hydrogen-bond acceptors (Lipinski definition) is 3. The third-order valence-electron chi connectivity index (χ3n) is 6.26. The largest absolute Gasteiger partial charge is 0.469 e. The van der Waals surface area contributed by atoms with Crippen molar-refractivity contribution in [1.29, 1.82) is 0 Å². The Morgan fingerprint density at radius 3 is 2.26 bits per heavy atom. The number of benzene rings is 2. The molecule has 0 bridgehead atoms. The molecule has 4 rings (SSSR count). The van der Waals surface area contributed by atoms with Crippen LogP contribution in [0.3, 0.4) is 0 Å². The van der Waals surface area contributed by atoms with Crippen molar-refractivity contribution in [1.82, 2.24) is 4.90 Å². The maximum absolute atomic E-state index is 12.5. The van der Waals surface area contributed by atoms with Gasteiger partial charge in [-0.05, 0) is 36.9 Å². The lowest BCUT2D eigenvalue weighted by Crippen LogP contribution is -2.40. The summed E-state index contributed by atoms with van der Waals surface area (Å²) in [5, 5.41) is 0. The minimum absolute atomic E-state index is 0.0103. The number of nitrogens with zero attached hydrogens (tertiary/aromatic N) is 1. The lowest BCUT2D eigenvalue weighted by molar-refractivity contribution is -0.148. The smallest absolute Gasteiger partial charge is 0.313 e. The quantitative estimate of drug-likeness (QED) is 0.588. The molecule has 0 amide bonds. The standard InChI is InChI=1S/C24H27NO2/c1-27-23(26)21-14-8-9-15-24(21)16-17-25(18-24)22(19-10-4-2-5-11-19)20-12-6-3-7-13-20/h2-8,10-14,21-22H,9,15-18H2,1H3/t21-,24-/m1/s1. The van der Waals surface area contributed by atoms with E-state index in [1.165, 1.54) is 18.2 Å². The van der Waals surface area contributed by atoms with E-state index in [0.29, 0.717) is 0 Å². The summed E-state index contributed by atoms with van der Waals surface area (Å²) in [6, 6.07) is 21.6. The van der Waals surface area contributed by atoms with E-state index < -0.39 is 0 Å². The van der Waals surface area contributed by atoms with Crippen LogP contribution < -0.4 is 0 Å². The second-order valence-corrected chi connectivity index (χ2v) is 7.77. The molecule has 1 spiro atoms. The molecule has 2 aromatic rings. The monoisotopic (exact) mass is 361 g/mol. The van der Waals surface area contributed by atoms with Crippen molar-refractivity contribution in [2.24, 2.45) is 11.3 Å². The molecule has 0 unspecified atom stereocenters. The van der Waals surface area contributed by atoms with Crippen LogP contribution in [0.15, 0.2) is 72.8 Å². The third kappa shape index (κ3) is 3.44. The predicted molar refractivity (Wildman–Crippen MR) is 107 cm³/mol. The Morgan fingerprint density at radius 1 is 1.04 bits per heavy atom. The van der Waals surface area contributed by atoms with Gasteiger partial charge in [0.25, 0.3) is 0 Å². The van der Waals surface area contributed by atoms with Gasteiger partial charge in [0.15, 0.2) is 0 Å². The first-order valence-electron chi connectivity index (χ1n) is 9.82. The Bertz CT molecular complexity index is 762. The predicted octanol–water partition coefficient (Wildman–Crippen LogP) is 4.61. The van der Waals surface area contributed by atoms with Crippen molar-refractivity contribution in [3.8, 4) is 0 Å². The zero-order valence-electron chi connectivity index (χ0n) is 15.9. The topological polar surface area (TPSA) is 29.5 Å². The highest BCUT2D eigenvalue weighted by molar-refractivity contribution is 5.75. The Balaban J connectivity index is 1.67. The number of ether oxygens (including phenoxy) is 1. The molecule has 3 nitrogen and oxygen atoms in total. The number of esters is 1. The van der Waals surface area contributed by atoms with Gasteiger partial charge in [-0.15, -0.1) is 0 Å². The molecule has 1 heterocycles. The zero-order valence-corrected chi connectivity index (χ0v) is 15.9. The molecule has 3 heteroatoms. The Kier molecular flexibility index (Phi) is 5.13. The van der Waals surface area contributed by atoms with Crippen molar-refractivity contribution < 1.29 is 9.53 Å². The number of allylic oxidation sites excluding steroid dienone is 1. The molecule has 0 radical (unpaired) electrons. The molecule has 1 saturated heterocycles. The average molecular weight is 361 g/mol. The van der Waals surface area contributed by atoms with E-state index >= 15 is 0 Å². The molecule has 2 aliphatic rings. The molecule has 0 saturated carbocycles. The van der Waals surface area contributed by atoms with Crippen molar-refractivity contribution in [2.45, 2.75) is 25.3 Å². The molecule has 1 aliphatic carbocycles. The molecule has 27 heavy (non-hydrogen) atoms. The van der Waals surface area contributed by atoms with Crippen LogP contribution in [0.1, 0.15) is 36.4 Å². The van der Waals surface area contributed by atoms with Crippen LogP contribution in [-0.2, 0) is 9.53 Å². The van der Waals surface area contributed by atoms with Gasteiger partial charge in [-0.3, -0.25) is 9.69 Å². The van der Waals surface area contributed by atoms with Gasteiger partial charge in [0.2, 0.25) is 0 Å². The van der Waals surface area contributed by atoms with Crippen LogP contribution in [-0.4, -0.2) is 31.1 Å². The second kappa shape index (κ2) is 7.69.